The van der Waals surface area contributed by atoms with Crippen LogP contribution in [0.2, 0.25) is 0 Å². The lowest BCUT2D eigenvalue weighted by Gasteiger charge is -2.26. The molecule has 20 heavy (non-hydrogen) atoms. The number of carboxylic acids is 1. The molecule has 4 N–H and O–H groups in total. The summed E-state index contributed by atoms with van der Waals surface area (Å²) in [7, 11) is 0. The summed E-state index contributed by atoms with van der Waals surface area (Å²) < 4.78 is 0. The predicted molar refractivity (Wildman–Crippen MR) is 69.4 cm³/mol. The van der Waals surface area contributed by atoms with Crippen LogP contribution in [0, 0.1) is 10.1 Å². The van der Waals surface area contributed by atoms with E-state index >= 15 is 0 Å². The number of nitrogens with zero attached hydrogens (tertiary/aromatic N) is 2. The summed E-state index contributed by atoms with van der Waals surface area (Å²) in [6.45, 7) is 3.26. The molecule has 1 aromatic heterocycles. The van der Waals surface area contributed by atoms with E-state index in [1.165, 1.54) is 0 Å². The maximum atomic E-state index is 11.1. The molecule has 9 nitrogen and oxygen atoms in total. The molecular weight excluding hydrogens is 268 g/mol. The van der Waals surface area contributed by atoms with Crippen LogP contribution in [-0.4, -0.2) is 32.4 Å². The number of carboxylic acid groups (broad SMARTS) is 1. The van der Waals surface area contributed by atoms with Gasteiger partial charge in [0.2, 0.25) is 5.91 Å². The van der Waals surface area contributed by atoms with Crippen LogP contribution in [0.1, 0.15) is 30.6 Å². The van der Waals surface area contributed by atoms with Crippen LogP contribution in [0.3, 0.4) is 0 Å². The number of amides is 1. The van der Waals surface area contributed by atoms with Crippen molar-refractivity contribution in [3.8, 4) is 0 Å². The van der Waals surface area contributed by atoms with E-state index in [0.29, 0.717) is 0 Å². The maximum Gasteiger partial charge on any atom is 0.339 e. The van der Waals surface area contributed by atoms with Crippen molar-refractivity contribution in [2.45, 2.75) is 25.8 Å². The molecule has 1 aromatic rings. The summed E-state index contributed by atoms with van der Waals surface area (Å²) in [4.78, 5) is 35.6. The van der Waals surface area contributed by atoms with Gasteiger partial charge >= 0.3 is 5.97 Å². The third kappa shape index (κ3) is 3.90. The van der Waals surface area contributed by atoms with E-state index in [9.17, 15) is 19.7 Å². The van der Waals surface area contributed by atoms with Crippen LogP contribution in [0.5, 0.6) is 0 Å². The van der Waals surface area contributed by atoms with Crippen LogP contribution in [0.15, 0.2) is 12.3 Å². The van der Waals surface area contributed by atoms with Crippen molar-refractivity contribution in [2.75, 3.05) is 5.32 Å². The molecule has 0 fully saturated rings. The minimum Gasteiger partial charge on any atom is -0.478 e. The number of carbonyl (C=O) groups is 2. The van der Waals surface area contributed by atoms with Gasteiger partial charge in [0, 0.05) is 18.0 Å². The highest BCUT2D eigenvalue weighted by atomic mass is 16.6. The van der Waals surface area contributed by atoms with Gasteiger partial charge in [-0.3, -0.25) is 14.9 Å². The van der Waals surface area contributed by atoms with Gasteiger partial charge in [0.05, 0.1) is 4.92 Å². The van der Waals surface area contributed by atoms with Crippen LogP contribution in [0.4, 0.5) is 11.5 Å². The molecule has 9 heteroatoms. The third-order valence-electron chi connectivity index (χ3n) is 2.39. The average Bonchev–Trinajstić information content (AvgIpc) is 2.26. The summed E-state index contributed by atoms with van der Waals surface area (Å²) in [6, 6.07) is 0.901. The summed E-state index contributed by atoms with van der Waals surface area (Å²) in [5.41, 5.74) is 3.47. The largest absolute Gasteiger partial charge is 0.478 e. The lowest BCUT2D eigenvalue weighted by atomic mass is 10.00. The van der Waals surface area contributed by atoms with E-state index in [1.807, 2.05) is 0 Å². The topological polar surface area (TPSA) is 148 Å². The van der Waals surface area contributed by atoms with Crippen molar-refractivity contribution in [3.05, 3.63) is 27.9 Å². The highest BCUT2D eigenvalue weighted by Crippen LogP contribution is 2.23. The molecule has 0 atom stereocenters. The van der Waals surface area contributed by atoms with E-state index in [0.717, 1.165) is 12.3 Å². The van der Waals surface area contributed by atoms with Gasteiger partial charge in [0.1, 0.15) is 17.6 Å². The number of nitro groups is 1. The van der Waals surface area contributed by atoms with Crippen LogP contribution < -0.4 is 11.1 Å². The Morgan fingerprint density at radius 3 is 2.60 bits per heavy atom. The Morgan fingerprint density at radius 1 is 1.55 bits per heavy atom. The van der Waals surface area contributed by atoms with Gasteiger partial charge in [0.15, 0.2) is 0 Å². The molecule has 0 aliphatic heterocycles. The molecule has 0 saturated heterocycles. The van der Waals surface area contributed by atoms with Crippen molar-refractivity contribution >= 4 is 23.4 Å². The minimum absolute atomic E-state index is 0.0509. The van der Waals surface area contributed by atoms with Gasteiger partial charge in [-0.1, -0.05) is 0 Å². The molecule has 0 radical (unpaired) electrons. The lowest BCUT2D eigenvalue weighted by Crippen LogP contribution is -2.36. The second kappa shape index (κ2) is 5.51. The van der Waals surface area contributed by atoms with E-state index in [2.05, 4.69) is 10.3 Å². The molecule has 1 amide bonds. The first-order valence-electron chi connectivity index (χ1n) is 5.56. The summed E-state index contributed by atoms with van der Waals surface area (Å²) in [5, 5.41) is 22.4. The molecule has 0 spiro atoms. The van der Waals surface area contributed by atoms with Crippen LogP contribution >= 0.6 is 0 Å². The number of aromatic carboxylic acids is 1. The molecule has 0 unspecified atom stereocenters. The Morgan fingerprint density at radius 2 is 2.15 bits per heavy atom. The highest BCUT2D eigenvalue weighted by Gasteiger charge is 2.25. The second-order valence-electron chi connectivity index (χ2n) is 4.80. The number of nitrogens with one attached hydrogen (secondary N) is 1. The Balaban J connectivity index is 3.15. The fourth-order valence-corrected chi connectivity index (χ4v) is 1.62. The van der Waals surface area contributed by atoms with Crippen molar-refractivity contribution in [1.82, 2.24) is 4.98 Å². The van der Waals surface area contributed by atoms with Crippen LogP contribution in [-0.2, 0) is 4.79 Å². The fourth-order valence-electron chi connectivity index (χ4n) is 1.62. The van der Waals surface area contributed by atoms with E-state index in [-0.39, 0.29) is 17.8 Å². The van der Waals surface area contributed by atoms with E-state index in [1.54, 1.807) is 13.8 Å². The quantitative estimate of drug-likeness (QED) is 0.514. The predicted octanol–water partition coefficient (Wildman–Crippen LogP) is 0.754. The smallest absolute Gasteiger partial charge is 0.339 e. The van der Waals surface area contributed by atoms with Gasteiger partial charge in [-0.2, -0.15) is 0 Å². The monoisotopic (exact) mass is 282 g/mol. The Bertz CT molecular complexity index is 570. The number of hydrogen-bond acceptors (Lipinski definition) is 6. The molecule has 0 bridgehead atoms. The van der Waals surface area contributed by atoms with E-state index in [4.69, 9.17) is 10.8 Å². The zero-order chi connectivity index (χ0) is 15.5. The number of primary amides is 1. The van der Waals surface area contributed by atoms with Crippen LogP contribution in [0.25, 0.3) is 0 Å². The SMILES string of the molecule is CC(C)(CC(N)=O)Nc1ncc([N+](=O)[O-])cc1C(=O)O. The molecule has 108 valence electrons. The first-order valence-corrected chi connectivity index (χ1v) is 5.56. The molecule has 0 aromatic carbocycles. The summed E-state index contributed by atoms with van der Waals surface area (Å²) in [5.74, 6) is -1.99. The van der Waals surface area contributed by atoms with Crippen molar-refractivity contribution in [1.29, 1.82) is 0 Å². The average molecular weight is 282 g/mol. The first-order chi connectivity index (χ1) is 9.12. The number of rotatable bonds is 6. The molecule has 0 aliphatic rings. The number of nitrogens with two attached hydrogens (primary N) is 1. The lowest BCUT2D eigenvalue weighted by molar-refractivity contribution is -0.385. The number of aromatic nitrogens is 1. The molecule has 0 aliphatic carbocycles. The summed E-state index contributed by atoms with van der Waals surface area (Å²) >= 11 is 0. The Hall–Kier alpha value is -2.71. The van der Waals surface area contributed by atoms with Gasteiger partial charge in [0.25, 0.3) is 5.69 Å². The Kier molecular flexibility index (Phi) is 4.23. The minimum atomic E-state index is -1.36. The first kappa shape index (κ1) is 15.3. The third-order valence-corrected chi connectivity index (χ3v) is 2.39. The number of anilines is 1. The van der Waals surface area contributed by atoms with Crippen molar-refractivity contribution < 1.29 is 19.6 Å². The molecular formula is C11H14N4O5. The van der Waals surface area contributed by atoms with E-state index < -0.39 is 28.0 Å². The highest BCUT2D eigenvalue weighted by molar-refractivity contribution is 5.94. The molecule has 1 rings (SSSR count). The fraction of sp³-hybridized carbons (Fsp3) is 0.364. The Labute approximate surface area is 114 Å². The summed E-state index contributed by atoms with van der Waals surface area (Å²) in [6.07, 6.45) is 0.889. The zero-order valence-corrected chi connectivity index (χ0v) is 10.9. The van der Waals surface area contributed by atoms with Gasteiger partial charge in [-0.25, -0.2) is 9.78 Å². The second-order valence-corrected chi connectivity index (χ2v) is 4.80. The normalized spacial score (nSPS) is 10.9. The maximum absolute atomic E-state index is 11.1. The number of pyridine rings is 1. The van der Waals surface area contributed by atoms with Crippen molar-refractivity contribution in [2.24, 2.45) is 5.73 Å². The standard InChI is InChI=1S/C11H14N4O5/c1-11(2,4-8(12)16)14-9-7(10(17)18)3-6(5-13-9)15(19)20/h3,5H,4H2,1-2H3,(H2,12,16)(H,13,14)(H,17,18). The van der Waals surface area contributed by atoms with Gasteiger partial charge in [-0.15, -0.1) is 0 Å². The number of carbonyl (C=O) groups excluding carboxylic acids is 1. The zero-order valence-electron chi connectivity index (χ0n) is 10.9. The molecule has 0 saturated carbocycles. The van der Waals surface area contributed by atoms with Crippen molar-refractivity contribution in [3.63, 3.8) is 0 Å². The van der Waals surface area contributed by atoms with Gasteiger partial charge < -0.3 is 16.2 Å². The number of hydrogen-bond donors (Lipinski definition) is 3. The van der Waals surface area contributed by atoms with Gasteiger partial charge in [-0.05, 0) is 13.8 Å². The molecule has 1 heterocycles.